The molecule has 1 aromatic heterocycles. The zero-order chi connectivity index (χ0) is 13.9. The fraction of sp³-hybridized carbons (Fsp3) is 0.733. The van der Waals surface area contributed by atoms with Crippen LogP contribution < -0.4 is 10.6 Å². The molecular formula is C15H25N5. The number of anilines is 2. The number of nitrogen functional groups attached to an aromatic ring is 1. The summed E-state index contributed by atoms with van der Waals surface area (Å²) in [4.78, 5) is 13.8. The van der Waals surface area contributed by atoms with Crippen molar-refractivity contribution in [3.05, 3.63) is 11.9 Å². The van der Waals surface area contributed by atoms with Crippen molar-refractivity contribution in [2.45, 2.75) is 45.1 Å². The molecule has 5 heteroatoms. The number of nitrogens with zero attached hydrogens (tertiary/aromatic N) is 4. The van der Waals surface area contributed by atoms with Gasteiger partial charge in [0.05, 0.1) is 0 Å². The van der Waals surface area contributed by atoms with Crippen molar-refractivity contribution in [1.82, 2.24) is 14.9 Å². The van der Waals surface area contributed by atoms with Crippen LogP contribution in [-0.2, 0) is 6.42 Å². The predicted molar refractivity (Wildman–Crippen MR) is 81.9 cm³/mol. The van der Waals surface area contributed by atoms with Crippen molar-refractivity contribution >= 4 is 11.6 Å². The molecule has 0 amide bonds. The summed E-state index contributed by atoms with van der Waals surface area (Å²) in [5, 5.41) is 0. The normalized spacial score (nSPS) is 23.6. The third kappa shape index (κ3) is 2.59. The third-order valence-corrected chi connectivity index (χ3v) is 4.59. The number of aromatic nitrogens is 2. The zero-order valence-corrected chi connectivity index (χ0v) is 12.4. The Morgan fingerprint density at radius 3 is 3.00 bits per heavy atom. The van der Waals surface area contributed by atoms with Crippen molar-refractivity contribution in [3.63, 3.8) is 0 Å². The lowest BCUT2D eigenvalue weighted by molar-refractivity contribution is 0.133. The van der Waals surface area contributed by atoms with E-state index in [9.17, 15) is 0 Å². The number of piperazine rings is 1. The first-order valence-corrected chi connectivity index (χ1v) is 7.88. The quantitative estimate of drug-likeness (QED) is 0.909. The zero-order valence-electron chi connectivity index (χ0n) is 12.4. The van der Waals surface area contributed by atoms with Gasteiger partial charge in [0.1, 0.15) is 18.0 Å². The molecule has 2 aliphatic heterocycles. The number of hydrogen-bond donors (Lipinski definition) is 1. The van der Waals surface area contributed by atoms with Crippen LogP contribution >= 0.6 is 0 Å². The highest BCUT2D eigenvalue weighted by molar-refractivity contribution is 5.57. The second-order valence-electron chi connectivity index (χ2n) is 5.94. The second kappa shape index (κ2) is 5.95. The minimum Gasteiger partial charge on any atom is -0.383 e. The molecule has 0 aliphatic carbocycles. The van der Waals surface area contributed by atoms with Gasteiger partial charge in [-0.1, -0.05) is 19.8 Å². The third-order valence-electron chi connectivity index (χ3n) is 4.59. The number of hydrogen-bond acceptors (Lipinski definition) is 5. The maximum atomic E-state index is 6.06. The van der Waals surface area contributed by atoms with Crippen molar-refractivity contribution in [3.8, 4) is 0 Å². The standard InChI is InChI=1S/C15H25N5/c1-2-5-13-14(16)17-11-18-15(13)20-9-8-19-7-4-3-6-12(19)10-20/h11-12H,2-10H2,1H3,(H2,16,17,18). The summed E-state index contributed by atoms with van der Waals surface area (Å²) in [5.41, 5.74) is 7.20. The van der Waals surface area contributed by atoms with E-state index < -0.39 is 0 Å². The molecular weight excluding hydrogens is 250 g/mol. The first kappa shape index (κ1) is 13.6. The topological polar surface area (TPSA) is 58.3 Å². The highest BCUT2D eigenvalue weighted by Gasteiger charge is 2.30. The molecule has 1 atom stereocenters. The Kier molecular flexibility index (Phi) is 4.05. The number of nitrogens with two attached hydrogens (primary N) is 1. The van der Waals surface area contributed by atoms with E-state index in [4.69, 9.17) is 5.73 Å². The van der Waals surface area contributed by atoms with Gasteiger partial charge in [-0.25, -0.2) is 9.97 Å². The van der Waals surface area contributed by atoms with Gasteiger partial charge in [0.25, 0.3) is 0 Å². The van der Waals surface area contributed by atoms with Gasteiger partial charge in [0, 0.05) is 31.2 Å². The van der Waals surface area contributed by atoms with Crippen LogP contribution in [-0.4, -0.2) is 47.1 Å². The minimum absolute atomic E-state index is 0.655. The van der Waals surface area contributed by atoms with Crippen LogP contribution in [0.2, 0.25) is 0 Å². The molecule has 3 heterocycles. The lowest BCUT2D eigenvalue weighted by Crippen LogP contribution is -2.55. The Morgan fingerprint density at radius 2 is 2.15 bits per heavy atom. The van der Waals surface area contributed by atoms with Gasteiger partial charge in [0.15, 0.2) is 0 Å². The predicted octanol–water partition coefficient (Wildman–Crippen LogP) is 1.69. The molecule has 1 unspecified atom stereocenters. The SMILES string of the molecule is CCCc1c(N)ncnc1N1CCN2CCCCC2C1. The van der Waals surface area contributed by atoms with Gasteiger partial charge in [0.2, 0.25) is 0 Å². The summed E-state index contributed by atoms with van der Waals surface area (Å²) in [6.07, 6.45) is 7.69. The van der Waals surface area contributed by atoms with Crippen LogP contribution in [0.3, 0.4) is 0 Å². The molecule has 0 spiro atoms. The lowest BCUT2D eigenvalue weighted by atomic mass is 9.99. The molecule has 2 fully saturated rings. The van der Waals surface area contributed by atoms with Gasteiger partial charge in [-0.05, 0) is 25.8 Å². The van der Waals surface area contributed by atoms with E-state index in [1.165, 1.54) is 25.8 Å². The highest BCUT2D eigenvalue weighted by Crippen LogP contribution is 2.28. The number of piperidine rings is 1. The van der Waals surface area contributed by atoms with Gasteiger partial charge in [-0.3, -0.25) is 4.90 Å². The Balaban J connectivity index is 1.81. The Bertz CT molecular complexity index is 462. The van der Waals surface area contributed by atoms with Gasteiger partial charge in [-0.15, -0.1) is 0 Å². The van der Waals surface area contributed by atoms with E-state index in [1.54, 1.807) is 6.33 Å². The summed E-state index contributed by atoms with van der Waals surface area (Å²) >= 11 is 0. The van der Waals surface area contributed by atoms with E-state index in [1.807, 2.05) is 0 Å². The average molecular weight is 275 g/mol. The van der Waals surface area contributed by atoms with Crippen molar-refractivity contribution in [2.75, 3.05) is 36.8 Å². The summed E-state index contributed by atoms with van der Waals surface area (Å²) < 4.78 is 0. The molecule has 2 N–H and O–H groups in total. The molecule has 20 heavy (non-hydrogen) atoms. The summed E-state index contributed by atoms with van der Waals surface area (Å²) in [5.74, 6) is 1.73. The van der Waals surface area contributed by atoms with Crippen LogP contribution in [0, 0.1) is 0 Å². The monoisotopic (exact) mass is 275 g/mol. The van der Waals surface area contributed by atoms with E-state index >= 15 is 0 Å². The smallest absolute Gasteiger partial charge is 0.137 e. The Labute approximate surface area is 121 Å². The number of rotatable bonds is 3. The average Bonchev–Trinajstić information content (AvgIpc) is 2.49. The fourth-order valence-corrected chi connectivity index (χ4v) is 3.53. The Morgan fingerprint density at radius 1 is 1.25 bits per heavy atom. The van der Waals surface area contributed by atoms with Crippen LogP contribution in [0.4, 0.5) is 11.6 Å². The molecule has 3 rings (SSSR count). The summed E-state index contributed by atoms with van der Waals surface area (Å²) in [6, 6.07) is 0.697. The summed E-state index contributed by atoms with van der Waals surface area (Å²) in [6.45, 7) is 6.75. The summed E-state index contributed by atoms with van der Waals surface area (Å²) in [7, 11) is 0. The first-order chi connectivity index (χ1) is 9.79. The van der Waals surface area contributed by atoms with Gasteiger partial charge < -0.3 is 10.6 Å². The molecule has 2 saturated heterocycles. The first-order valence-electron chi connectivity index (χ1n) is 7.88. The largest absolute Gasteiger partial charge is 0.383 e. The molecule has 0 saturated carbocycles. The maximum Gasteiger partial charge on any atom is 0.137 e. The molecule has 1 aromatic rings. The van der Waals surface area contributed by atoms with Gasteiger partial charge in [-0.2, -0.15) is 0 Å². The molecule has 2 aliphatic rings. The van der Waals surface area contributed by atoms with Crippen molar-refractivity contribution < 1.29 is 0 Å². The maximum absolute atomic E-state index is 6.06. The fourth-order valence-electron chi connectivity index (χ4n) is 3.53. The number of fused-ring (bicyclic) bond motifs is 1. The van der Waals surface area contributed by atoms with E-state index in [0.29, 0.717) is 11.9 Å². The van der Waals surface area contributed by atoms with Crippen molar-refractivity contribution in [2.24, 2.45) is 0 Å². The Hall–Kier alpha value is -1.36. The minimum atomic E-state index is 0.655. The molecule has 5 nitrogen and oxygen atoms in total. The van der Waals surface area contributed by atoms with Crippen LogP contribution in [0.1, 0.15) is 38.2 Å². The van der Waals surface area contributed by atoms with E-state index in [-0.39, 0.29) is 0 Å². The molecule has 110 valence electrons. The van der Waals surface area contributed by atoms with Gasteiger partial charge >= 0.3 is 0 Å². The molecule has 0 aromatic carbocycles. The van der Waals surface area contributed by atoms with E-state index in [0.717, 1.165) is 43.9 Å². The van der Waals surface area contributed by atoms with Crippen molar-refractivity contribution in [1.29, 1.82) is 0 Å². The van der Waals surface area contributed by atoms with Crippen LogP contribution in [0.15, 0.2) is 6.33 Å². The highest BCUT2D eigenvalue weighted by atomic mass is 15.3. The molecule has 0 bridgehead atoms. The van der Waals surface area contributed by atoms with Crippen LogP contribution in [0.5, 0.6) is 0 Å². The lowest BCUT2D eigenvalue weighted by Gasteiger charge is -2.44. The molecule has 0 radical (unpaired) electrons. The second-order valence-corrected chi connectivity index (χ2v) is 5.94. The van der Waals surface area contributed by atoms with Crippen LogP contribution in [0.25, 0.3) is 0 Å². The van der Waals surface area contributed by atoms with E-state index in [2.05, 4.69) is 26.7 Å².